The molecule has 2 amide bonds. The number of hydrogen-bond acceptors (Lipinski definition) is 7. The van der Waals surface area contributed by atoms with Crippen molar-refractivity contribution < 1.29 is 37.0 Å². The largest absolute Gasteiger partial charge is 0.489 e. The smallest absolute Gasteiger partial charge is 0.424 e. The summed E-state index contributed by atoms with van der Waals surface area (Å²) in [6, 6.07) is 9.84. The van der Waals surface area contributed by atoms with Gasteiger partial charge in [-0.15, -0.1) is 0 Å². The summed E-state index contributed by atoms with van der Waals surface area (Å²) in [6.07, 6.45) is -2.58. The lowest BCUT2D eigenvalue weighted by molar-refractivity contribution is -0.265. The van der Waals surface area contributed by atoms with E-state index in [-0.39, 0.29) is 34.7 Å². The molecule has 13 heteroatoms. The van der Waals surface area contributed by atoms with E-state index in [1.54, 1.807) is 0 Å². The molecule has 0 spiro atoms. The number of nitrogens with one attached hydrogen (secondary N) is 1. The highest BCUT2D eigenvalue weighted by atomic mass is 19.4. The third-order valence-corrected chi connectivity index (χ3v) is 6.90. The van der Waals surface area contributed by atoms with Gasteiger partial charge in [0.05, 0.1) is 17.8 Å². The van der Waals surface area contributed by atoms with Crippen LogP contribution in [0.15, 0.2) is 61.1 Å². The Labute approximate surface area is 224 Å². The van der Waals surface area contributed by atoms with Crippen molar-refractivity contribution in [3.63, 3.8) is 0 Å². The minimum atomic E-state index is -5.33. The van der Waals surface area contributed by atoms with E-state index in [4.69, 9.17) is 10.5 Å². The number of benzene rings is 2. The van der Waals surface area contributed by atoms with Gasteiger partial charge in [0.25, 0.3) is 5.91 Å². The molecule has 0 radical (unpaired) electrons. The molecule has 2 atom stereocenters. The topological polar surface area (TPSA) is 140 Å². The number of aromatic nitrogens is 3. The van der Waals surface area contributed by atoms with Crippen LogP contribution in [0.2, 0.25) is 0 Å². The summed E-state index contributed by atoms with van der Waals surface area (Å²) in [7, 11) is 0. The van der Waals surface area contributed by atoms with Gasteiger partial charge in [-0.1, -0.05) is 0 Å². The van der Waals surface area contributed by atoms with Crippen LogP contribution in [-0.4, -0.2) is 51.2 Å². The average Bonchev–Trinajstić information content (AvgIpc) is 3.28. The Bertz CT molecular complexity index is 1650. The Balaban J connectivity index is 1.58. The van der Waals surface area contributed by atoms with Crippen LogP contribution >= 0.6 is 0 Å². The number of primary amides is 1. The number of nitrogens with two attached hydrogens (primary N) is 1. The molecule has 40 heavy (non-hydrogen) atoms. The number of fused-ring (bicyclic) bond motifs is 2. The molecule has 4 aromatic rings. The van der Waals surface area contributed by atoms with Crippen LogP contribution in [0.25, 0.3) is 22.2 Å². The monoisotopic (exact) mass is 555 g/mol. The number of rotatable bonds is 6. The Kier molecular flexibility index (Phi) is 6.41. The quantitative estimate of drug-likeness (QED) is 0.311. The molecular weight excluding hydrogens is 534 g/mol. The lowest BCUT2D eigenvalue weighted by atomic mass is 9.81. The molecule has 0 saturated carbocycles. The predicted octanol–water partition coefficient (Wildman–Crippen LogP) is 3.15. The predicted molar refractivity (Wildman–Crippen MR) is 133 cm³/mol. The third-order valence-electron chi connectivity index (χ3n) is 6.90. The van der Waals surface area contributed by atoms with Crippen molar-refractivity contribution in [3.05, 3.63) is 83.7 Å². The summed E-state index contributed by atoms with van der Waals surface area (Å²) < 4.78 is 62.8. The highest BCUT2D eigenvalue weighted by molar-refractivity contribution is 5.97. The van der Waals surface area contributed by atoms with Crippen molar-refractivity contribution in [3.8, 4) is 17.0 Å². The minimum Gasteiger partial charge on any atom is -0.489 e. The number of alkyl halides is 3. The van der Waals surface area contributed by atoms with Crippen molar-refractivity contribution >= 4 is 22.7 Å². The van der Waals surface area contributed by atoms with Crippen LogP contribution in [0.5, 0.6) is 5.75 Å². The van der Waals surface area contributed by atoms with Gasteiger partial charge in [0, 0.05) is 28.3 Å². The first kappa shape index (κ1) is 26.9. The fourth-order valence-corrected chi connectivity index (χ4v) is 4.37. The molecule has 2 aromatic carbocycles. The molecule has 9 nitrogen and oxygen atoms in total. The van der Waals surface area contributed by atoms with E-state index >= 15 is 0 Å². The summed E-state index contributed by atoms with van der Waals surface area (Å²) in [5.41, 5.74) is -0.104. The van der Waals surface area contributed by atoms with Crippen LogP contribution in [-0.2, 0) is 15.8 Å². The summed E-state index contributed by atoms with van der Waals surface area (Å²) in [4.78, 5) is 37.1. The SMILES string of the molecule is C[C@]1(C(N)=O)COc2c1cc(C(O)(CNC(=O)c1ccc3ncncc3c1)C(F)(F)F)nc2-c1ccc(F)cc1. The molecule has 0 saturated heterocycles. The van der Waals surface area contributed by atoms with Crippen molar-refractivity contribution in [1.29, 1.82) is 0 Å². The van der Waals surface area contributed by atoms with E-state index in [2.05, 4.69) is 20.3 Å². The van der Waals surface area contributed by atoms with Crippen LogP contribution < -0.4 is 15.8 Å². The highest BCUT2D eigenvalue weighted by Gasteiger charge is 2.57. The van der Waals surface area contributed by atoms with Crippen molar-refractivity contribution in [1.82, 2.24) is 20.3 Å². The Morgan fingerprint density at radius 1 is 1.15 bits per heavy atom. The molecular formula is C27H21F4N5O4. The second-order valence-corrected chi connectivity index (χ2v) is 9.56. The van der Waals surface area contributed by atoms with E-state index in [0.717, 1.165) is 18.2 Å². The number of ether oxygens (including phenoxy) is 1. The molecule has 3 heterocycles. The van der Waals surface area contributed by atoms with Crippen LogP contribution in [0.1, 0.15) is 28.5 Å². The van der Waals surface area contributed by atoms with Crippen LogP contribution in [0, 0.1) is 5.82 Å². The molecule has 1 aliphatic rings. The number of hydrogen-bond donors (Lipinski definition) is 3. The number of carbonyl (C=O) groups is 2. The van der Waals surface area contributed by atoms with Crippen LogP contribution in [0.4, 0.5) is 17.6 Å². The summed E-state index contributed by atoms with van der Waals surface area (Å²) in [5.74, 6) is -2.41. The number of nitrogens with zero attached hydrogens (tertiary/aromatic N) is 3. The van der Waals surface area contributed by atoms with Crippen LogP contribution in [0.3, 0.4) is 0 Å². The van der Waals surface area contributed by atoms with Gasteiger partial charge in [0.15, 0.2) is 0 Å². The van der Waals surface area contributed by atoms with E-state index in [0.29, 0.717) is 10.9 Å². The molecule has 0 aliphatic carbocycles. The van der Waals surface area contributed by atoms with E-state index in [1.807, 2.05) is 0 Å². The first-order valence-electron chi connectivity index (χ1n) is 11.9. The second-order valence-electron chi connectivity index (χ2n) is 9.56. The molecule has 1 aliphatic heterocycles. The highest BCUT2D eigenvalue weighted by Crippen LogP contribution is 2.47. The maximum Gasteiger partial charge on any atom is 0.424 e. The summed E-state index contributed by atoms with van der Waals surface area (Å²) >= 11 is 0. The van der Waals surface area contributed by atoms with Gasteiger partial charge in [-0.3, -0.25) is 9.59 Å². The Morgan fingerprint density at radius 2 is 1.88 bits per heavy atom. The molecule has 0 bridgehead atoms. The molecule has 0 fully saturated rings. The van der Waals surface area contributed by atoms with Gasteiger partial charge in [0.2, 0.25) is 11.5 Å². The lowest BCUT2D eigenvalue weighted by Crippen LogP contribution is -2.51. The molecule has 2 aromatic heterocycles. The fraction of sp³-hybridized carbons (Fsp3) is 0.222. The first-order valence-corrected chi connectivity index (χ1v) is 11.9. The Hall–Kier alpha value is -4.65. The maximum absolute atomic E-state index is 14.5. The maximum atomic E-state index is 14.5. The number of pyridine rings is 1. The molecule has 5 rings (SSSR count). The number of amides is 2. The van der Waals surface area contributed by atoms with Crippen molar-refractivity contribution in [2.75, 3.05) is 13.2 Å². The van der Waals surface area contributed by atoms with Crippen molar-refractivity contribution in [2.24, 2.45) is 5.73 Å². The standard InChI is InChI=1S/C27H21F4N5O4/c1-25(24(32)38)12-40-22-18(25)9-20(36-21(22)14-2-5-17(28)6-3-14)26(39,27(29,30)31)11-34-23(37)15-4-7-19-16(8-15)10-33-13-35-19/h2-10,13,39H,11-12H2,1H3,(H2,32,38)(H,34,37)/t25-,26?/m0/s1. The normalized spacial score (nSPS) is 18.1. The summed E-state index contributed by atoms with van der Waals surface area (Å²) in [5, 5.41) is 13.7. The number of halogens is 4. The first-order chi connectivity index (χ1) is 18.8. The summed E-state index contributed by atoms with van der Waals surface area (Å²) in [6.45, 7) is -0.220. The molecule has 4 N–H and O–H groups in total. The van der Waals surface area contributed by atoms with Gasteiger partial charge < -0.3 is 20.9 Å². The zero-order valence-corrected chi connectivity index (χ0v) is 20.8. The molecule has 1 unspecified atom stereocenters. The van der Waals surface area contributed by atoms with Gasteiger partial charge in [-0.2, -0.15) is 13.2 Å². The zero-order chi connectivity index (χ0) is 28.9. The van der Waals surface area contributed by atoms with E-state index in [1.165, 1.54) is 49.8 Å². The van der Waals surface area contributed by atoms with Gasteiger partial charge in [0.1, 0.15) is 35.6 Å². The third kappa shape index (κ3) is 4.47. The van der Waals surface area contributed by atoms with Gasteiger partial charge in [-0.25, -0.2) is 19.3 Å². The number of carbonyl (C=O) groups excluding carboxylic acids is 2. The lowest BCUT2D eigenvalue weighted by Gasteiger charge is -2.31. The number of aliphatic hydroxyl groups is 1. The van der Waals surface area contributed by atoms with E-state index < -0.39 is 47.1 Å². The second kappa shape index (κ2) is 9.52. The Morgan fingerprint density at radius 3 is 2.55 bits per heavy atom. The zero-order valence-electron chi connectivity index (χ0n) is 20.8. The van der Waals surface area contributed by atoms with Crippen molar-refractivity contribution in [2.45, 2.75) is 24.1 Å². The van der Waals surface area contributed by atoms with Gasteiger partial charge in [-0.05, 0) is 55.5 Å². The molecule has 206 valence electrons. The van der Waals surface area contributed by atoms with Gasteiger partial charge >= 0.3 is 6.18 Å². The average molecular weight is 555 g/mol. The van der Waals surface area contributed by atoms with E-state index in [9.17, 15) is 32.3 Å². The fourth-order valence-electron chi connectivity index (χ4n) is 4.37. The minimum absolute atomic E-state index is 0.00967.